The molecular formula is C25H26F3N3O5. The Hall–Kier alpha value is -4.02. The van der Waals surface area contributed by atoms with Gasteiger partial charge in [0.1, 0.15) is 35.1 Å². The quantitative estimate of drug-likeness (QED) is 0.355. The van der Waals surface area contributed by atoms with Crippen molar-refractivity contribution in [1.29, 1.82) is 0 Å². The van der Waals surface area contributed by atoms with Crippen LogP contribution in [-0.4, -0.2) is 37.4 Å². The van der Waals surface area contributed by atoms with Crippen molar-refractivity contribution in [2.45, 2.75) is 53.0 Å². The molecule has 4 aromatic rings. The molecule has 11 heteroatoms. The molecular weight excluding hydrogens is 479 g/mol. The molecule has 0 aliphatic heterocycles. The SMILES string of the molecule is Cc1noc(C)c1COc1cc(OC(C)(C)C)ccc1-c1cccc2nccn12.O=C(O)C(F)(F)F. The van der Waals surface area contributed by atoms with Gasteiger partial charge in [-0.15, -0.1) is 0 Å². The van der Waals surface area contributed by atoms with E-state index in [0.717, 1.165) is 45.4 Å². The van der Waals surface area contributed by atoms with E-state index in [0.29, 0.717) is 6.61 Å². The standard InChI is InChI=1S/C23H25N3O3.C2HF3O2/c1-15-19(16(2)29-25-15)14-27-21-13-17(28-23(3,4)5)9-10-18(21)20-7-6-8-22-24-11-12-26(20)22;3-2(4,5)1(6)7/h6-13H,14H2,1-5H3;(H,6,7). The van der Waals surface area contributed by atoms with Gasteiger partial charge in [-0.25, -0.2) is 9.78 Å². The lowest BCUT2D eigenvalue weighted by atomic mass is 10.1. The summed E-state index contributed by atoms with van der Waals surface area (Å²) in [6.45, 7) is 10.3. The van der Waals surface area contributed by atoms with Gasteiger partial charge in [0.2, 0.25) is 0 Å². The van der Waals surface area contributed by atoms with Gasteiger partial charge in [-0.2, -0.15) is 13.2 Å². The summed E-state index contributed by atoms with van der Waals surface area (Å²) in [6.07, 6.45) is -1.34. The minimum Gasteiger partial charge on any atom is -0.488 e. The maximum Gasteiger partial charge on any atom is 0.490 e. The van der Waals surface area contributed by atoms with E-state index < -0.39 is 12.1 Å². The van der Waals surface area contributed by atoms with Gasteiger partial charge in [0.25, 0.3) is 0 Å². The Labute approximate surface area is 205 Å². The molecule has 0 amide bonds. The Balaban J connectivity index is 0.000000454. The number of ether oxygens (including phenoxy) is 2. The van der Waals surface area contributed by atoms with Crippen molar-refractivity contribution in [3.8, 4) is 22.8 Å². The van der Waals surface area contributed by atoms with Crippen LogP contribution in [-0.2, 0) is 11.4 Å². The molecule has 192 valence electrons. The number of fused-ring (bicyclic) bond motifs is 1. The molecule has 3 aromatic heterocycles. The Morgan fingerprint density at radius 1 is 1.14 bits per heavy atom. The molecule has 0 radical (unpaired) electrons. The second-order valence-corrected chi connectivity index (χ2v) is 8.83. The number of hydrogen-bond acceptors (Lipinski definition) is 6. The first kappa shape index (κ1) is 26.6. The number of hydrogen-bond donors (Lipinski definition) is 1. The largest absolute Gasteiger partial charge is 0.490 e. The molecule has 0 spiro atoms. The Bertz CT molecular complexity index is 1330. The number of nitrogens with zero attached hydrogens (tertiary/aromatic N) is 3. The Kier molecular flexibility index (Phi) is 7.61. The third-order valence-corrected chi connectivity index (χ3v) is 4.88. The molecule has 1 aromatic carbocycles. The van der Waals surface area contributed by atoms with Crippen LogP contribution >= 0.6 is 0 Å². The number of aromatic nitrogens is 3. The molecule has 0 aliphatic rings. The van der Waals surface area contributed by atoms with E-state index in [9.17, 15) is 13.2 Å². The molecule has 0 saturated carbocycles. The molecule has 36 heavy (non-hydrogen) atoms. The van der Waals surface area contributed by atoms with E-state index in [4.69, 9.17) is 23.9 Å². The topological polar surface area (TPSA) is 99.1 Å². The van der Waals surface area contributed by atoms with Gasteiger partial charge in [-0.05, 0) is 58.9 Å². The number of benzene rings is 1. The summed E-state index contributed by atoms with van der Waals surface area (Å²) >= 11 is 0. The van der Waals surface area contributed by atoms with Gasteiger partial charge >= 0.3 is 12.1 Å². The maximum absolute atomic E-state index is 10.6. The highest BCUT2D eigenvalue weighted by molar-refractivity contribution is 5.73. The Morgan fingerprint density at radius 2 is 1.83 bits per heavy atom. The average Bonchev–Trinajstić information content (AvgIpc) is 3.37. The van der Waals surface area contributed by atoms with E-state index in [1.165, 1.54) is 0 Å². The van der Waals surface area contributed by atoms with E-state index >= 15 is 0 Å². The van der Waals surface area contributed by atoms with Gasteiger partial charge in [-0.3, -0.25) is 4.40 Å². The normalized spacial score (nSPS) is 11.7. The average molecular weight is 505 g/mol. The van der Waals surface area contributed by atoms with Crippen LogP contribution < -0.4 is 9.47 Å². The molecule has 1 N–H and O–H groups in total. The number of imidazole rings is 1. The number of aliphatic carboxylic acids is 1. The fourth-order valence-corrected chi connectivity index (χ4v) is 3.28. The lowest BCUT2D eigenvalue weighted by Crippen LogP contribution is -2.22. The third kappa shape index (κ3) is 6.55. The Morgan fingerprint density at radius 3 is 2.42 bits per heavy atom. The summed E-state index contributed by atoms with van der Waals surface area (Å²) in [5.74, 6) is -0.504. The third-order valence-electron chi connectivity index (χ3n) is 4.88. The number of halogens is 3. The van der Waals surface area contributed by atoms with Crippen molar-refractivity contribution >= 4 is 11.6 Å². The van der Waals surface area contributed by atoms with Crippen LogP contribution in [0.1, 0.15) is 37.8 Å². The van der Waals surface area contributed by atoms with Crippen molar-refractivity contribution in [3.05, 3.63) is 65.8 Å². The molecule has 8 nitrogen and oxygen atoms in total. The zero-order chi connectivity index (χ0) is 26.7. The number of alkyl halides is 3. The van der Waals surface area contributed by atoms with Crippen molar-refractivity contribution in [2.24, 2.45) is 0 Å². The highest BCUT2D eigenvalue weighted by Gasteiger charge is 2.38. The van der Waals surface area contributed by atoms with E-state index in [-0.39, 0.29) is 5.60 Å². The van der Waals surface area contributed by atoms with Crippen LogP contribution in [0.5, 0.6) is 11.5 Å². The number of carbonyl (C=O) groups is 1. The fourth-order valence-electron chi connectivity index (χ4n) is 3.28. The maximum atomic E-state index is 10.6. The smallest absolute Gasteiger partial charge is 0.488 e. The number of aryl methyl sites for hydroxylation is 2. The van der Waals surface area contributed by atoms with Crippen LogP contribution in [0.3, 0.4) is 0 Å². The minimum absolute atomic E-state index is 0.301. The first-order valence-electron chi connectivity index (χ1n) is 10.9. The molecule has 3 heterocycles. The van der Waals surface area contributed by atoms with E-state index in [1.807, 2.05) is 75.5 Å². The van der Waals surface area contributed by atoms with Crippen LogP contribution in [0.2, 0.25) is 0 Å². The van der Waals surface area contributed by atoms with Gasteiger partial charge in [0, 0.05) is 24.0 Å². The van der Waals surface area contributed by atoms with Crippen LogP contribution in [0, 0.1) is 13.8 Å². The number of rotatable bonds is 5. The predicted octanol–water partition coefficient (Wildman–Crippen LogP) is 6.00. The summed E-state index contributed by atoms with van der Waals surface area (Å²) in [7, 11) is 0. The van der Waals surface area contributed by atoms with Crippen LogP contribution in [0.15, 0.2) is 53.3 Å². The molecule has 0 atom stereocenters. The molecule has 0 saturated heterocycles. The summed E-state index contributed by atoms with van der Waals surface area (Å²) < 4.78 is 51.4. The summed E-state index contributed by atoms with van der Waals surface area (Å²) in [5.41, 5.74) is 4.33. The first-order valence-corrected chi connectivity index (χ1v) is 10.9. The lowest BCUT2D eigenvalue weighted by molar-refractivity contribution is -0.192. The monoisotopic (exact) mass is 505 g/mol. The molecule has 0 unspecified atom stereocenters. The molecule has 0 fully saturated rings. The fraction of sp³-hybridized carbons (Fsp3) is 0.320. The first-order chi connectivity index (χ1) is 16.8. The highest BCUT2D eigenvalue weighted by atomic mass is 19.4. The summed E-state index contributed by atoms with van der Waals surface area (Å²) in [5, 5.41) is 11.1. The predicted molar refractivity (Wildman–Crippen MR) is 125 cm³/mol. The number of carboxylic acids is 1. The van der Waals surface area contributed by atoms with Crippen molar-refractivity contribution in [3.63, 3.8) is 0 Å². The lowest BCUT2D eigenvalue weighted by Gasteiger charge is -2.22. The second kappa shape index (κ2) is 10.3. The number of pyridine rings is 1. The van der Waals surface area contributed by atoms with Gasteiger partial charge in [-0.1, -0.05) is 11.2 Å². The molecule has 4 rings (SSSR count). The minimum atomic E-state index is -5.08. The second-order valence-electron chi connectivity index (χ2n) is 8.83. The van der Waals surface area contributed by atoms with E-state index in [2.05, 4.69) is 16.2 Å². The van der Waals surface area contributed by atoms with Gasteiger partial charge < -0.3 is 19.1 Å². The highest BCUT2D eigenvalue weighted by Crippen LogP contribution is 2.35. The van der Waals surface area contributed by atoms with E-state index in [1.54, 1.807) is 6.20 Å². The zero-order valence-electron chi connectivity index (χ0n) is 20.4. The van der Waals surface area contributed by atoms with Crippen molar-refractivity contribution in [2.75, 3.05) is 0 Å². The number of carboxylic acid groups (broad SMARTS) is 1. The van der Waals surface area contributed by atoms with Crippen LogP contribution in [0.25, 0.3) is 16.9 Å². The van der Waals surface area contributed by atoms with Crippen molar-refractivity contribution < 1.29 is 37.1 Å². The summed E-state index contributed by atoms with van der Waals surface area (Å²) in [4.78, 5) is 13.3. The molecule has 0 bridgehead atoms. The summed E-state index contributed by atoms with van der Waals surface area (Å²) in [6, 6.07) is 12.0. The van der Waals surface area contributed by atoms with Crippen molar-refractivity contribution in [1.82, 2.24) is 14.5 Å². The van der Waals surface area contributed by atoms with Crippen LogP contribution in [0.4, 0.5) is 13.2 Å². The van der Waals surface area contributed by atoms with Gasteiger partial charge in [0.05, 0.1) is 17.0 Å². The molecule has 0 aliphatic carbocycles. The zero-order valence-corrected chi connectivity index (χ0v) is 20.4. The van der Waals surface area contributed by atoms with Gasteiger partial charge in [0.15, 0.2) is 0 Å².